The van der Waals surface area contributed by atoms with E-state index >= 15 is 0 Å². The molecule has 0 aromatic heterocycles. The molecule has 37 heavy (non-hydrogen) atoms. The summed E-state index contributed by atoms with van der Waals surface area (Å²) >= 11 is 0. The second-order valence-electron chi connectivity index (χ2n) is 8.88. The number of carbonyl (C=O) groups excluding carboxylic acids is 4. The first-order valence-electron chi connectivity index (χ1n) is 12.3. The van der Waals surface area contributed by atoms with Gasteiger partial charge in [-0.15, -0.1) is 0 Å². The fourth-order valence-electron chi connectivity index (χ4n) is 3.43. The number of hydrogen-bond acceptors (Lipinski definition) is 6. The smallest absolute Gasteiger partial charge is 0.408 e. The summed E-state index contributed by atoms with van der Waals surface area (Å²) in [4.78, 5) is 48.9. The summed E-state index contributed by atoms with van der Waals surface area (Å²) in [7, 11) is 0. The molecule has 0 aliphatic rings. The molecule has 2 atom stereocenters. The largest absolute Gasteiger partial charge is 0.445 e. The van der Waals surface area contributed by atoms with Gasteiger partial charge >= 0.3 is 12.2 Å². The molecule has 0 aliphatic heterocycles. The summed E-state index contributed by atoms with van der Waals surface area (Å²) in [6, 6.07) is 16.6. The number of nitrogens with one attached hydrogen (secondary N) is 3. The Morgan fingerprint density at radius 1 is 0.784 bits per heavy atom. The topological polar surface area (TPSA) is 149 Å². The van der Waals surface area contributed by atoms with Gasteiger partial charge in [-0.05, 0) is 36.3 Å². The molecule has 0 heterocycles. The number of carbonyl (C=O) groups is 4. The van der Waals surface area contributed by atoms with E-state index in [9.17, 15) is 19.2 Å². The lowest BCUT2D eigenvalue weighted by Crippen LogP contribution is -2.54. The first-order chi connectivity index (χ1) is 17.8. The highest BCUT2D eigenvalue weighted by molar-refractivity contribution is 5.90. The van der Waals surface area contributed by atoms with Gasteiger partial charge < -0.3 is 31.2 Å². The summed E-state index contributed by atoms with van der Waals surface area (Å²) in [5.41, 5.74) is 7.10. The minimum absolute atomic E-state index is 0.0475. The van der Waals surface area contributed by atoms with Gasteiger partial charge in [-0.2, -0.15) is 0 Å². The lowest BCUT2D eigenvalue weighted by molar-refractivity contribution is -0.129. The molecule has 0 bridgehead atoms. The highest BCUT2D eigenvalue weighted by Crippen LogP contribution is 2.07. The van der Waals surface area contributed by atoms with Crippen LogP contribution < -0.4 is 21.7 Å². The molecule has 0 radical (unpaired) electrons. The Morgan fingerprint density at radius 3 is 1.84 bits per heavy atom. The van der Waals surface area contributed by atoms with Crippen LogP contribution in [0.15, 0.2) is 60.7 Å². The second-order valence-corrected chi connectivity index (χ2v) is 8.88. The van der Waals surface area contributed by atoms with Crippen molar-refractivity contribution in [2.45, 2.75) is 58.4 Å². The van der Waals surface area contributed by atoms with Crippen molar-refractivity contribution >= 4 is 24.0 Å². The first-order valence-corrected chi connectivity index (χ1v) is 12.3. The SMILES string of the molecule is CC(C)[C@H](NC(=O)[C@@H](CCCCNC(=O)OCc1ccccc1)NC(=O)OCc1ccccc1)C(N)=O. The monoisotopic (exact) mass is 512 g/mol. The van der Waals surface area contributed by atoms with Crippen molar-refractivity contribution in [2.75, 3.05) is 6.54 Å². The number of alkyl carbamates (subject to hydrolysis) is 2. The molecule has 10 nitrogen and oxygen atoms in total. The molecule has 0 unspecified atom stereocenters. The first kappa shape index (κ1) is 29.2. The highest BCUT2D eigenvalue weighted by Gasteiger charge is 2.27. The van der Waals surface area contributed by atoms with Crippen molar-refractivity contribution in [1.82, 2.24) is 16.0 Å². The zero-order valence-electron chi connectivity index (χ0n) is 21.3. The van der Waals surface area contributed by atoms with Crippen molar-refractivity contribution < 1.29 is 28.7 Å². The third kappa shape index (κ3) is 11.5. The Balaban J connectivity index is 1.83. The molecule has 0 spiro atoms. The van der Waals surface area contributed by atoms with Crippen molar-refractivity contribution in [3.63, 3.8) is 0 Å². The van der Waals surface area contributed by atoms with E-state index in [4.69, 9.17) is 15.2 Å². The number of unbranched alkanes of at least 4 members (excludes halogenated alkanes) is 1. The van der Waals surface area contributed by atoms with Crippen LogP contribution >= 0.6 is 0 Å². The molecule has 2 rings (SSSR count). The number of rotatable bonds is 14. The molecule has 10 heteroatoms. The molecular formula is C27H36N4O6. The van der Waals surface area contributed by atoms with E-state index in [0.29, 0.717) is 19.4 Å². The molecule has 200 valence electrons. The van der Waals surface area contributed by atoms with Crippen LogP contribution in [0.5, 0.6) is 0 Å². The van der Waals surface area contributed by atoms with Crippen LogP contribution in [0.4, 0.5) is 9.59 Å². The van der Waals surface area contributed by atoms with E-state index in [1.807, 2.05) is 60.7 Å². The Kier molecular flexibility index (Phi) is 12.5. The van der Waals surface area contributed by atoms with Gasteiger partial charge in [0.25, 0.3) is 0 Å². The van der Waals surface area contributed by atoms with Gasteiger partial charge in [0.1, 0.15) is 25.3 Å². The molecule has 0 saturated carbocycles. The standard InChI is InChI=1S/C27H36N4O6/c1-19(2)23(24(28)32)31-25(33)22(30-27(35)37-18-21-13-7-4-8-14-21)15-9-10-16-29-26(34)36-17-20-11-5-3-6-12-20/h3-8,11-14,19,22-23H,9-10,15-18H2,1-2H3,(H2,28,32)(H,29,34)(H,30,35)(H,31,33)/t22-,23+/m1/s1. The second kappa shape index (κ2) is 15.8. The Labute approximate surface area is 217 Å². The molecule has 5 N–H and O–H groups in total. The number of primary amides is 1. The maximum absolute atomic E-state index is 12.9. The zero-order valence-corrected chi connectivity index (χ0v) is 21.3. The normalized spacial score (nSPS) is 12.2. The van der Waals surface area contributed by atoms with E-state index in [1.54, 1.807) is 13.8 Å². The number of benzene rings is 2. The predicted molar refractivity (Wildman–Crippen MR) is 138 cm³/mol. The third-order valence-corrected chi connectivity index (χ3v) is 5.49. The molecule has 0 saturated heterocycles. The van der Waals surface area contributed by atoms with E-state index in [2.05, 4.69) is 16.0 Å². The summed E-state index contributed by atoms with van der Waals surface area (Å²) in [6.45, 7) is 4.06. The zero-order chi connectivity index (χ0) is 27.0. The number of ether oxygens (including phenoxy) is 2. The van der Waals surface area contributed by atoms with Crippen LogP contribution in [0.3, 0.4) is 0 Å². The average Bonchev–Trinajstić information content (AvgIpc) is 2.89. The number of hydrogen-bond donors (Lipinski definition) is 4. The van der Waals surface area contributed by atoms with Crippen LogP contribution in [0.25, 0.3) is 0 Å². The molecule has 2 aromatic rings. The van der Waals surface area contributed by atoms with E-state index in [0.717, 1.165) is 11.1 Å². The quantitative estimate of drug-likeness (QED) is 0.286. The fourth-order valence-corrected chi connectivity index (χ4v) is 3.43. The molecule has 0 fully saturated rings. The van der Waals surface area contributed by atoms with Crippen molar-refractivity contribution in [3.8, 4) is 0 Å². The summed E-state index contributed by atoms with van der Waals surface area (Å²) < 4.78 is 10.4. The van der Waals surface area contributed by atoms with Gasteiger partial charge in [0.05, 0.1) is 0 Å². The summed E-state index contributed by atoms with van der Waals surface area (Å²) in [5.74, 6) is -1.42. The van der Waals surface area contributed by atoms with Crippen molar-refractivity contribution in [1.29, 1.82) is 0 Å². The van der Waals surface area contributed by atoms with Gasteiger partial charge in [0.2, 0.25) is 11.8 Å². The van der Waals surface area contributed by atoms with Crippen LogP contribution in [-0.4, -0.2) is 42.6 Å². The van der Waals surface area contributed by atoms with Gasteiger partial charge in [-0.3, -0.25) is 9.59 Å². The van der Waals surface area contributed by atoms with Gasteiger partial charge in [-0.1, -0.05) is 74.5 Å². The van der Waals surface area contributed by atoms with E-state index in [1.165, 1.54) is 0 Å². The number of nitrogens with two attached hydrogens (primary N) is 1. The summed E-state index contributed by atoms with van der Waals surface area (Å²) in [5, 5.41) is 7.85. The van der Waals surface area contributed by atoms with Gasteiger partial charge in [-0.25, -0.2) is 9.59 Å². The number of amides is 4. The Hall–Kier alpha value is -4.08. The maximum Gasteiger partial charge on any atom is 0.408 e. The minimum Gasteiger partial charge on any atom is -0.445 e. The Bertz CT molecular complexity index is 1000. The molecular weight excluding hydrogens is 476 g/mol. The summed E-state index contributed by atoms with van der Waals surface area (Å²) in [6.07, 6.45) is -0.00187. The maximum atomic E-state index is 12.9. The lowest BCUT2D eigenvalue weighted by Gasteiger charge is -2.23. The van der Waals surface area contributed by atoms with Crippen LogP contribution in [0.2, 0.25) is 0 Å². The van der Waals surface area contributed by atoms with E-state index in [-0.39, 0.29) is 25.6 Å². The van der Waals surface area contributed by atoms with Crippen molar-refractivity contribution in [2.24, 2.45) is 11.7 Å². The highest BCUT2D eigenvalue weighted by atomic mass is 16.6. The van der Waals surface area contributed by atoms with Crippen LogP contribution in [0.1, 0.15) is 44.2 Å². The fraction of sp³-hybridized carbons (Fsp3) is 0.407. The molecule has 2 aromatic carbocycles. The van der Waals surface area contributed by atoms with Crippen molar-refractivity contribution in [3.05, 3.63) is 71.8 Å². The minimum atomic E-state index is -0.950. The van der Waals surface area contributed by atoms with Gasteiger partial charge in [0, 0.05) is 6.54 Å². The molecule has 0 aliphatic carbocycles. The van der Waals surface area contributed by atoms with E-state index < -0.39 is 36.1 Å². The van der Waals surface area contributed by atoms with Gasteiger partial charge in [0.15, 0.2) is 0 Å². The van der Waals surface area contributed by atoms with Crippen LogP contribution in [-0.2, 0) is 32.3 Å². The average molecular weight is 513 g/mol. The Morgan fingerprint density at radius 2 is 1.32 bits per heavy atom. The molecule has 4 amide bonds. The lowest BCUT2D eigenvalue weighted by atomic mass is 10.0. The predicted octanol–water partition coefficient (Wildman–Crippen LogP) is 3.00. The third-order valence-electron chi connectivity index (χ3n) is 5.49. The van der Waals surface area contributed by atoms with Crippen LogP contribution in [0, 0.1) is 5.92 Å².